The SMILES string of the molecule is COCC(C)N(C)c1ccc(C(=O)O)c(N)c1. The van der Waals surface area contributed by atoms with Crippen molar-refractivity contribution in [2.24, 2.45) is 0 Å². The van der Waals surface area contributed by atoms with Gasteiger partial charge in [0.25, 0.3) is 0 Å². The highest BCUT2D eigenvalue weighted by molar-refractivity contribution is 5.94. The first-order valence-electron chi connectivity index (χ1n) is 5.32. The number of nitrogen functional groups attached to an aromatic ring is 1. The minimum Gasteiger partial charge on any atom is -0.478 e. The summed E-state index contributed by atoms with van der Waals surface area (Å²) >= 11 is 0. The topological polar surface area (TPSA) is 75.8 Å². The maximum absolute atomic E-state index is 10.8. The fourth-order valence-electron chi connectivity index (χ4n) is 1.57. The van der Waals surface area contributed by atoms with Gasteiger partial charge in [0.1, 0.15) is 0 Å². The van der Waals surface area contributed by atoms with Crippen molar-refractivity contribution in [2.75, 3.05) is 31.4 Å². The lowest BCUT2D eigenvalue weighted by Gasteiger charge is -2.26. The molecule has 0 saturated carbocycles. The van der Waals surface area contributed by atoms with Crippen LogP contribution in [0.25, 0.3) is 0 Å². The standard InChI is InChI=1S/C12H18N2O3/c1-8(7-17-3)14(2)9-4-5-10(12(15)16)11(13)6-9/h4-6,8H,7,13H2,1-3H3,(H,15,16). The van der Waals surface area contributed by atoms with Crippen molar-refractivity contribution in [1.29, 1.82) is 0 Å². The van der Waals surface area contributed by atoms with Crippen molar-refractivity contribution >= 4 is 17.3 Å². The van der Waals surface area contributed by atoms with E-state index < -0.39 is 5.97 Å². The Balaban J connectivity index is 2.93. The molecule has 0 aromatic heterocycles. The van der Waals surface area contributed by atoms with Crippen LogP contribution >= 0.6 is 0 Å². The van der Waals surface area contributed by atoms with Crippen LogP contribution in [0.15, 0.2) is 18.2 Å². The summed E-state index contributed by atoms with van der Waals surface area (Å²) in [5.74, 6) is -1.01. The molecule has 0 fully saturated rings. The highest BCUT2D eigenvalue weighted by atomic mass is 16.5. The molecule has 0 aliphatic rings. The van der Waals surface area contributed by atoms with Crippen LogP contribution in [0.5, 0.6) is 0 Å². The van der Waals surface area contributed by atoms with E-state index in [0.29, 0.717) is 6.61 Å². The summed E-state index contributed by atoms with van der Waals surface area (Å²) in [5.41, 5.74) is 6.96. The van der Waals surface area contributed by atoms with Crippen molar-refractivity contribution in [3.63, 3.8) is 0 Å². The summed E-state index contributed by atoms with van der Waals surface area (Å²) in [5, 5.41) is 8.87. The third-order valence-corrected chi connectivity index (χ3v) is 2.74. The molecule has 1 unspecified atom stereocenters. The number of carboxylic acids is 1. The molecule has 17 heavy (non-hydrogen) atoms. The maximum atomic E-state index is 10.8. The van der Waals surface area contributed by atoms with Gasteiger partial charge in [-0.05, 0) is 25.1 Å². The minimum atomic E-state index is -1.01. The van der Waals surface area contributed by atoms with Gasteiger partial charge < -0.3 is 20.5 Å². The fraction of sp³-hybridized carbons (Fsp3) is 0.417. The second-order valence-electron chi connectivity index (χ2n) is 3.99. The second kappa shape index (κ2) is 5.54. The summed E-state index contributed by atoms with van der Waals surface area (Å²) < 4.78 is 5.07. The lowest BCUT2D eigenvalue weighted by atomic mass is 10.1. The number of carboxylic acid groups (broad SMARTS) is 1. The normalized spacial score (nSPS) is 12.2. The molecule has 1 atom stereocenters. The number of aromatic carboxylic acids is 1. The molecule has 5 heteroatoms. The Bertz CT molecular complexity index is 407. The number of nitrogens with zero attached hydrogens (tertiary/aromatic N) is 1. The largest absolute Gasteiger partial charge is 0.478 e. The van der Waals surface area contributed by atoms with Crippen LogP contribution in [-0.2, 0) is 4.74 Å². The number of rotatable bonds is 5. The van der Waals surface area contributed by atoms with Gasteiger partial charge in [0.2, 0.25) is 0 Å². The van der Waals surface area contributed by atoms with E-state index in [0.717, 1.165) is 5.69 Å². The number of carbonyl (C=O) groups is 1. The molecule has 1 aromatic rings. The van der Waals surface area contributed by atoms with E-state index in [1.165, 1.54) is 6.07 Å². The Kier molecular flexibility index (Phi) is 4.34. The minimum absolute atomic E-state index is 0.126. The first-order chi connectivity index (χ1) is 7.97. The van der Waals surface area contributed by atoms with Gasteiger partial charge >= 0.3 is 5.97 Å². The predicted molar refractivity (Wildman–Crippen MR) is 67.6 cm³/mol. The summed E-state index contributed by atoms with van der Waals surface area (Å²) in [6, 6.07) is 5.11. The van der Waals surface area contributed by atoms with Crippen LogP contribution in [0.4, 0.5) is 11.4 Å². The molecule has 1 rings (SSSR count). The average Bonchev–Trinajstić information content (AvgIpc) is 2.27. The lowest BCUT2D eigenvalue weighted by molar-refractivity contribution is 0.0698. The summed E-state index contributed by atoms with van der Waals surface area (Å²) in [6.45, 7) is 2.61. The fourth-order valence-corrected chi connectivity index (χ4v) is 1.57. The molecule has 5 nitrogen and oxygen atoms in total. The molecule has 0 amide bonds. The zero-order valence-corrected chi connectivity index (χ0v) is 10.3. The Morgan fingerprint density at radius 1 is 1.59 bits per heavy atom. The van der Waals surface area contributed by atoms with Crippen molar-refractivity contribution in [2.45, 2.75) is 13.0 Å². The molecule has 0 saturated heterocycles. The first-order valence-corrected chi connectivity index (χ1v) is 5.32. The molecule has 0 radical (unpaired) electrons. The van der Waals surface area contributed by atoms with Crippen molar-refractivity contribution in [3.05, 3.63) is 23.8 Å². The van der Waals surface area contributed by atoms with Crippen molar-refractivity contribution < 1.29 is 14.6 Å². The van der Waals surface area contributed by atoms with Gasteiger partial charge in [-0.2, -0.15) is 0 Å². The number of ether oxygens (including phenoxy) is 1. The van der Waals surface area contributed by atoms with Crippen LogP contribution in [0.2, 0.25) is 0 Å². The van der Waals surface area contributed by atoms with E-state index in [1.54, 1.807) is 19.2 Å². The lowest BCUT2D eigenvalue weighted by Crippen LogP contribution is -2.32. The van der Waals surface area contributed by atoms with Gasteiger partial charge in [-0.3, -0.25) is 0 Å². The number of nitrogens with two attached hydrogens (primary N) is 1. The van der Waals surface area contributed by atoms with Gasteiger partial charge in [0.15, 0.2) is 0 Å². The van der Waals surface area contributed by atoms with E-state index >= 15 is 0 Å². The van der Waals surface area contributed by atoms with Gasteiger partial charge in [0, 0.05) is 31.6 Å². The van der Waals surface area contributed by atoms with Gasteiger partial charge in [-0.25, -0.2) is 4.79 Å². The monoisotopic (exact) mass is 238 g/mol. The van der Waals surface area contributed by atoms with E-state index in [9.17, 15) is 4.79 Å². The van der Waals surface area contributed by atoms with Crippen LogP contribution in [0.1, 0.15) is 17.3 Å². The summed E-state index contributed by atoms with van der Waals surface area (Å²) in [7, 11) is 3.56. The molecule has 1 aromatic carbocycles. The summed E-state index contributed by atoms with van der Waals surface area (Å²) in [4.78, 5) is 12.8. The number of hydrogen-bond donors (Lipinski definition) is 2. The number of hydrogen-bond acceptors (Lipinski definition) is 4. The molecule has 0 heterocycles. The van der Waals surface area contributed by atoms with Crippen LogP contribution in [-0.4, -0.2) is 37.9 Å². The molecule has 94 valence electrons. The highest BCUT2D eigenvalue weighted by Crippen LogP contribution is 2.22. The predicted octanol–water partition coefficient (Wildman–Crippen LogP) is 1.44. The van der Waals surface area contributed by atoms with E-state index in [1.807, 2.05) is 18.9 Å². The van der Waals surface area contributed by atoms with E-state index in [2.05, 4.69) is 0 Å². The number of anilines is 2. The van der Waals surface area contributed by atoms with E-state index in [-0.39, 0.29) is 17.3 Å². The number of likely N-dealkylation sites (N-methyl/N-ethyl adjacent to an activating group) is 1. The molecule has 0 aliphatic heterocycles. The Morgan fingerprint density at radius 2 is 2.24 bits per heavy atom. The summed E-state index contributed by atoms with van der Waals surface area (Å²) in [6.07, 6.45) is 0. The Morgan fingerprint density at radius 3 is 2.71 bits per heavy atom. The van der Waals surface area contributed by atoms with Gasteiger partial charge in [0.05, 0.1) is 12.2 Å². The molecule has 3 N–H and O–H groups in total. The number of methoxy groups -OCH3 is 1. The smallest absolute Gasteiger partial charge is 0.337 e. The quantitative estimate of drug-likeness (QED) is 0.759. The Labute approximate surface area is 101 Å². The molecule has 0 aliphatic carbocycles. The highest BCUT2D eigenvalue weighted by Gasteiger charge is 2.13. The Hall–Kier alpha value is -1.75. The number of benzene rings is 1. The first kappa shape index (κ1) is 13.3. The van der Waals surface area contributed by atoms with Crippen LogP contribution in [0, 0.1) is 0 Å². The molecule has 0 bridgehead atoms. The van der Waals surface area contributed by atoms with Crippen LogP contribution in [0.3, 0.4) is 0 Å². The maximum Gasteiger partial charge on any atom is 0.337 e. The van der Waals surface area contributed by atoms with Crippen molar-refractivity contribution in [1.82, 2.24) is 0 Å². The third kappa shape index (κ3) is 3.10. The molecule has 0 spiro atoms. The van der Waals surface area contributed by atoms with Crippen molar-refractivity contribution in [3.8, 4) is 0 Å². The average molecular weight is 238 g/mol. The molecular weight excluding hydrogens is 220 g/mol. The third-order valence-electron chi connectivity index (χ3n) is 2.74. The van der Waals surface area contributed by atoms with Gasteiger partial charge in [-0.1, -0.05) is 0 Å². The van der Waals surface area contributed by atoms with Crippen LogP contribution < -0.4 is 10.6 Å². The second-order valence-corrected chi connectivity index (χ2v) is 3.99. The molecular formula is C12H18N2O3. The zero-order chi connectivity index (χ0) is 13.0. The zero-order valence-electron chi connectivity index (χ0n) is 10.3. The van der Waals surface area contributed by atoms with E-state index in [4.69, 9.17) is 15.6 Å². The van der Waals surface area contributed by atoms with Gasteiger partial charge in [-0.15, -0.1) is 0 Å².